The Kier molecular flexibility index (Phi) is 5.26. The number of benzene rings is 1. The molecule has 3 heteroatoms. The molecule has 0 bridgehead atoms. The fourth-order valence-corrected chi connectivity index (χ4v) is 2.12. The van der Waals surface area contributed by atoms with Crippen LogP contribution in [0.3, 0.4) is 0 Å². The largest absolute Gasteiger partial charge is 0.298 e. The lowest BCUT2D eigenvalue weighted by Crippen LogP contribution is -2.05. The molecule has 0 atom stereocenters. The fourth-order valence-electron chi connectivity index (χ4n) is 1.14. The lowest BCUT2D eigenvalue weighted by Gasteiger charge is -2.00. The van der Waals surface area contributed by atoms with Crippen LogP contribution in [0.15, 0.2) is 28.7 Å². The molecule has 1 aromatic rings. The summed E-state index contributed by atoms with van der Waals surface area (Å²) in [4.78, 5) is 11.4. The quantitative estimate of drug-likeness (QED) is 0.818. The van der Waals surface area contributed by atoms with Crippen LogP contribution in [0.2, 0.25) is 0 Å². The van der Waals surface area contributed by atoms with E-state index in [1.54, 1.807) is 11.8 Å². The molecule has 0 amide bonds. The van der Waals surface area contributed by atoms with Crippen molar-refractivity contribution in [2.24, 2.45) is 0 Å². The van der Waals surface area contributed by atoms with E-state index in [4.69, 9.17) is 0 Å². The second-order valence-corrected chi connectivity index (χ2v) is 5.17. The van der Waals surface area contributed by atoms with Crippen LogP contribution < -0.4 is 0 Å². The van der Waals surface area contributed by atoms with E-state index in [0.29, 0.717) is 18.0 Å². The highest BCUT2D eigenvalue weighted by Gasteiger charge is 2.03. The number of carbonyl (C=O) groups excluding carboxylic acids is 1. The van der Waals surface area contributed by atoms with Crippen LogP contribution in [0.25, 0.3) is 0 Å². The summed E-state index contributed by atoms with van der Waals surface area (Å²) in [5.41, 5.74) is 1.08. The summed E-state index contributed by atoms with van der Waals surface area (Å²) in [5, 5.41) is 0. The number of thioether (sulfide) groups is 1. The summed E-state index contributed by atoms with van der Waals surface area (Å²) in [6, 6.07) is 7.90. The average Bonchev–Trinajstić information content (AvgIpc) is 2.15. The van der Waals surface area contributed by atoms with Crippen LogP contribution in [0, 0.1) is 0 Å². The highest BCUT2D eigenvalue weighted by Crippen LogP contribution is 2.13. The van der Waals surface area contributed by atoms with Gasteiger partial charge in [-0.15, -0.1) is 0 Å². The smallest absolute Gasteiger partial charge is 0.147 e. The van der Waals surface area contributed by atoms with E-state index in [1.807, 2.05) is 24.3 Å². The number of hydrogen-bond donors (Lipinski definition) is 0. The molecule has 1 rings (SSSR count). The minimum absolute atomic E-state index is 0.301. The van der Waals surface area contributed by atoms with Crippen LogP contribution >= 0.6 is 27.7 Å². The highest BCUT2D eigenvalue weighted by atomic mass is 79.9. The van der Waals surface area contributed by atoms with Crippen LogP contribution in [-0.4, -0.2) is 17.3 Å². The second kappa shape index (κ2) is 6.25. The Balaban J connectivity index is 2.47. The predicted molar refractivity (Wildman–Crippen MR) is 65.9 cm³/mol. The predicted octanol–water partition coefficient (Wildman–Crippen LogP) is 3.31. The van der Waals surface area contributed by atoms with Gasteiger partial charge in [-0.2, -0.15) is 11.8 Å². The first kappa shape index (κ1) is 11.8. The van der Waals surface area contributed by atoms with Crippen molar-refractivity contribution in [1.29, 1.82) is 0 Å². The molecule has 76 valence electrons. The van der Waals surface area contributed by atoms with Crippen molar-refractivity contribution >= 4 is 33.5 Å². The Morgan fingerprint density at radius 3 is 2.93 bits per heavy atom. The summed E-state index contributed by atoms with van der Waals surface area (Å²) in [6.07, 6.45) is 0.548. The molecule has 0 heterocycles. The van der Waals surface area contributed by atoms with Crippen molar-refractivity contribution in [3.8, 4) is 0 Å². The van der Waals surface area contributed by atoms with Gasteiger partial charge in [0.05, 0.1) is 5.75 Å². The zero-order valence-electron chi connectivity index (χ0n) is 8.13. The molecule has 0 aliphatic carbocycles. The van der Waals surface area contributed by atoms with Crippen LogP contribution in [-0.2, 0) is 11.2 Å². The van der Waals surface area contributed by atoms with Gasteiger partial charge < -0.3 is 0 Å². The van der Waals surface area contributed by atoms with Crippen molar-refractivity contribution in [3.05, 3.63) is 34.3 Å². The number of Topliss-reactive ketones (excluding diaryl/α,β-unsaturated/α-hetero) is 1. The normalized spacial score (nSPS) is 10.1. The Morgan fingerprint density at radius 2 is 2.29 bits per heavy atom. The lowest BCUT2D eigenvalue weighted by atomic mass is 10.1. The van der Waals surface area contributed by atoms with Gasteiger partial charge in [0.2, 0.25) is 0 Å². The molecule has 0 radical (unpaired) electrons. The first-order chi connectivity index (χ1) is 6.72. The summed E-state index contributed by atoms with van der Waals surface area (Å²) in [7, 11) is 0. The molecule has 0 spiro atoms. The SMILES string of the molecule is CCSCC(=O)Cc1cccc(Br)c1. The maximum Gasteiger partial charge on any atom is 0.147 e. The summed E-state index contributed by atoms with van der Waals surface area (Å²) in [5.74, 6) is 1.93. The van der Waals surface area contributed by atoms with Gasteiger partial charge in [0.1, 0.15) is 5.78 Å². The molecule has 0 saturated carbocycles. The number of hydrogen-bond acceptors (Lipinski definition) is 2. The van der Waals surface area contributed by atoms with Crippen LogP contribution in [0.5, 0.6) is 0 Å². The van der Waals surface area contributed by atoms with E-state index in [-0.39, 0.29) is 0 Å². The van der Waals surface area contributed by atoms with Crippen molar-refractivity contribution in [2.45, 2.75) is 13.3 Å². The lowest BCUT2D eigenvalue weighted by molar-refractivity contribution is -0.116. The first-order valence-electron chi connectivity index (χ1n) is 4.56. The minimum atomic E-state index is 0.301. The summed E-state index contributed by atoms with van der Waals surface area (Å²) < 4.78 is 1.03. The summed E-state index contributed by atoms with van der Waals surface area (Å²) >= 11 is 5.07. The Hall–Kier alpha value is -0.280. The molecule has 0 N–H and O–H groups in total. The zero-order valence-corrected chi connectivity index (χ0v) is 10.5. The molecule has 14 heavy (non-hydrogen) atoms. The van der Waals surface area contributed by atoms with Gasteiger partial charge in [-0.3, -0.25) is 4.79 Å². The van der Waals surface area contributed by atoms with Gasteiger partial charge in [-0.25, -0.2) is 0 Å². The Labute approximate surface area is 97.4 Å². The second-order valence-electron chi connectivity index (χ2n) is 2.98. The van der Waals surface area contributed by atoms with Crippen molar-refractivity contribution in [1.82, 2.24) is 0 Å². The molecule has 0 fully saturated rings. The third-order valence-corrected chi connectivity index (χ3v) is 3.19. The summed E-state index contributed by atoms with van der Waals surface area (Å²) in [6.45, 7) is 2.07. The third-order valence-electron chi connectivity index (χ3n) is 1.76. The van der Waals surface area contributed by atoms with Gasteiger partial charge in [-0.05, 0) is 23.4 Å². The highest BCUT2D eigenvalue weighted by molar-refractivity contribution is 9.10. The van der Waals surface area contributed by atoms with E-state index in [2.05, 4.69) is 22.9 Å². The van der Waals surface area contributed by atoms with Crippen LogP contribution in [0.4, 0.5) is 0 Å². The number of ketones is 1. The van der Waals surface area contributed by atoms with Crippen molar-refractivity contribution < 1.29 is 4.79 Å². The molecule has 1 aromatic carbocycles. The van der Waals surface area contributed by atoms with Crippen LogP contribution in [0.1, 0.15) is 12.5 Å². The van der Waals surface area contributed by atoms with E-state index in [9.17, 15) is 4.79 Å². The number of halogens is 1. The van der Waals surface area contributed by atoms with Gasteiger partial charge in [0.25, 0.3) is 0 Å². The zero-order chi connectivity index (χ0) is 10.4. The van der Waals surface area contributed by atoms with Gasteiger partial charge >= 0.3 is 0 Å². The Morgan fingerprint density at radius 1 is 1.50 bits per heavy atom. The van der Waals surface area contributed by atoms with E-state index < -0.39 is 0 Å². The molecule has 0 saturated heterocycles. The van der Waals surface area contributed by atoms with E-state index >= 15 is 0 Å². The Bertz CT molecular complexity index is 312. The van der Waals surface area contributed by atoms with Crippen molar-refractivity contribution in [2.75, 3.05) is 11.5 Å². The first-order valence-corrected chi connectivity index (χ1v) is 6.51. The maximum atomic E-state index is 11.4. The third kappa shape index (κ3) is 4.29. The minimum Gasteiger partial charge on any atom is -0.298 e. The molecule has 0 unspecified atom stereocenters. The van der Waals surface area contributed by atoms with Gasteiger partial charge in [0, 0.05) is 10.9 Å². The molecule has 1 nitrogen and oxygen atoms in total. The fraction of sp³-hybridized carbons (Fsp3) is 0.364. The molecular formula is C11H13BrOS. The van der Waals surface area contributed by atoms with Crippen molar-refractivity contribution in [3.63, 3.8) is 0 Å². The van der Waals surface area contributed by atoms with Gasteiger partial charge in [-0.1, -0.05) is 35.0 Å². The van der Waals surface area contributed by atoms with Gasteiger partial charge in [0.15, 0.2) is 0 Å². The number of rotatable bonds is 5. The molecule has 0 aliphatic rings. The maximum absolute atomic E-state index is 11.4. The molecule has 0 aliphatic heterocycles. The number of carbonyl (C=O) groups is 1. The van der Waals surface area contributed by atoms with E-state index in [1.165, 1.54) is 0 Å². The molecular weight excluding hydrogens is 260 g/mol. The monoisotopic (exact) mass is 272 g/mol. The topological polar surface area (TPSA) is 17.1 Å². The standard InChI is InChI=1S/C11H13BrOS/c1-2-14-8-11(13)7-9-4-3-5-10(12)6-9/h3-6H,2,7-8H2,1H3. The molecule has 0 aromatic heterocycles. The van der Waals surface area contributed by atoms with E-state index in [0.717, 1.165) is 15.8 Å². The average molecular weight is 273 g/mol.